The van der Waals surface area contributed by atoms with Gasteiger partial charge in [0, 0.05) is 12.0 Å². The molecule has 0 aliphatic heterocycles. The van der Waals surface area contributed by atoms with Crippen LogP contribution >= 0.6 is 0 Å². The van der Waals surface area contributed by atoms with E-state index < -0.39 is 0 Å². The number of imidazole rings is 1. The van der Waals surface area contributed by atoms with Gasteiger partial charge in [-0.2, -0.15) is 0 Å². The van der Waals surface area contributed by atoms with Crippen LogP contribution in [0.4, 0.5) is 0 Å². The maximum Gasteiger partial charge on any atom is 0.240 e. The second kappa shape index (κ2) is 9.25. The predicted molar refractivity (Wildman–Crippen MR) is 120 cm³/mol. The number of para-hydroxylation sites is 2. The first kappa shape index (κ1) is 21.1. The van der Waals surface area contributed by atoms with Crippen LogP contribution in [0.5, 0.6) is 0 Å². The van der Waals surface area contributed by atoms with Crippen molar-refractivity contribution in [3.8, 4) is 0 Å². The van der Waals surface area contributed by atoms with Crippen LogP contribution in [0.2, 0.25) is 0 Å². The van der Waals surface area contributed by atoms with E-state index >= 15 is 0 Å². The molecule has 1 aromatic heterocycles. The van der Waals surface area contributed by atoms with Crippen molar-refractivity contribution in [3.63, 3.8) is 0 Å². The van der Waals surface area contributed by atoms with Gasteiger partial charge in [0.05, 0.1) is 11.0 Å². The maximum atomic E-state index is 12.6. The molecule has 2 unspecified atom stereocenters. The Morgan fingerprint density at radius 2 is 1.72 bits per heavy atom. The molecule has 1 amide bonds. The third-order valence-electron chi connectivity index (χ3n) is 5.52. The summed E-state index contributed by atoms with van der Waals surface area (Å²) in [5.41, 5.74) is 4.51. The molecule has 4 nitrogen and oxygen atoms in total. The Labute approximate surface area is 174 Å². The summed E-state index contributed by atoms with van der Waals surface area (Å²) in [5.74, 6) is 1.71. The second-order valence-electron chi connectivity index (χ2n) is 8.48. The van der Waals surface area contributed by atoms with Crippen LogP contribution in [0.3, 0.4) is 0 Å². The van der Waals surface area contributed by atoms with Gasteiger partial charge in [-0.25, -0.2) is 4.98 Å². The molecule has 0 saturated heterocycles. The minimum Gasteiger partial charge on any atom is -0.352 e. The van der Waals surface area contributed by atoms with Gasteiger partial charge in [-0.3, -0.25) is 4.79 Å². The van der Waals surface area contributed by atoms with E-state index in [1.54, 1.807) is 0 Å². The number of carbonyl (C=O) groups is 1. The van der Waals surface area contributed by atoms with E-state index in [2.05, 4.69) is 61.8 Å². The normalized spacial score (nSPS) is 13.6. The van der Waals surface area contributed by atoms with Gasteiger partial charge >= 0.3 is 0 Å². The highest BCUT2D eigenvalue weighted by Gasteiger charge is 2.20. The summed E-state index contributed by atoms with van der Waals surface area (Å²) < 4.78 is 2.07. The molecule has 2 aromatic carbocycles. The van der Waals surface area contributed by atoms with Crippen LogP contribution in [0.1, 0.15) is 63.9 Å². The fraction of sp³-hybridized carbons (Fsp3) is 0.440. The quantitative estimate of drug-likeness (QED) is 0.566. The van der Waals surface area contributed by atoms with Crippen molar-refractivity contribution < 1.29 is 4.79 Å². The number of nitrogens with zero attached hydrogens (tertiary/aromatic N) is 2. The third kappa shape index (κ3) is 5.06. The highest BCUT2D eigenvalue weighted by atomic mass is 16.2. The summed E-state index contributed by atoms with van der Waals surface area (Å²) in [6.45, 7) is 11.0. The maximum absolute atomic E-state index is 12.6. The van der Waals surface area contributed by atoms with E-state index in [0.717, 1.165) is 29.7 Å². The molecule has 0 radical (unpaired) electrons. The van der Waals surface area contributed by atoms with Gasteiger partial charge in [-0.05, 0) is 48.9 Å². The third-order valence-corrected chi connectivity index (χ3v) is 5.52. The first-order chi connectivity index (χ1) is 13.9. The van der Waals surface area contributed by atoms with Crippen LogP contribution < -0.4 is 5.32 Å². The largest absolute Gasteiger partial charge is 0.352 e. The minimum absolute atomic E-state index is 0.0308. The fourth-order valence-electron chi connectivity index (χ4n) is 3.72. The summed E-state index contributed by atoms with van der Waals surface area (Å²) in [6.07, 6.45) is 2.01. The van der Waals surface area contributed by atoms with Crippen molar-refractivity contribution >= 4 is 16.9 Å². The van der Waals surface area contributed by atoms with Gasteiger partial charge in [0.15, 0.2) is 0 Å². The lowest BCUT2D eigenvalue weighted by molar-refractivity contribution is -0.122. The molecule has 29 heavy (non-hydrogen) atoms. The number of carbonyl (C=O) groups excluding carboxylic acids is 1. The van der Waals surface area contributed by atoms with Crippen molar-refractivity contribution in [2.45, 2.75) is 66.0 Å². The van der Waals surface area contributed by atoms with E-state index in [1.807, 2.05) is 31.2 Å². The molecular formula is C25H33N3O. The second-order valence-corrected chi connectivity index (χ2v) is 8.48. The molecule has 0 aliphatic rings. The van der Waals surface area contributed by atoms with Gasteiger partial charge in [0.2, 0.25) is 5.91 Å². The first-order valence-electron chi connectivity index (χ1n) is 10.7. The lowest BCUT2D eigenvalue weighted by Gasteiger charge is -2.17. The number of amides is 1. The average molecular weight is 392 g/mol. The van der Waals surface area contributed by atoms with Gasteiger partial charge in [-0.1, -0.05) is 64.1 Å². The van der Waals surface area contributed by atoms with Crippen molar-refractivity contribution in [1.29, 1.82) is 0 Å². The number of benzene rings is 2. The van der Waals surface area contributed by atoms with Crippen LogP contribution in [-0.2, 0) is 17.8 Å². The van der Waals surface area contributed by atoms with E-state index in [1.165, 1.54) is 11.1 Å². The first-order valence-corrected chi connectivity index (χ1v) is 10.7. The highest BCUT2D eigenvalue weighted by Crippen LogP contribution is 2.28. The monoisotopic (exact) mass is 391 g/mol. The smallest absolute Gasteiger partial charge is 0.240 e. The zero-order chi connectivity index (χ0) is 21.0. The molecule has 0 aliphatic carbocycles. The molecule has 0 spiro atoms. The fourth-order valence-corrected chi connectivity index (χ4v) is 3.72. The zero-order valence-electron chi connectivity index (χ0n) is 18.3. The lowest BCUT2D eigenvalue weighted by atomic mass is 9.96. The molecular weight excluding hydrogens is 358 g/mol. The van der Waals surface area contributed by atoms with E-state index in [4.69, 9.17) is 4.98 Å². The Kier molecular flexibility index (Phi) is 6.73. The van der Waals surface area contributed by atoms with Crippen molar-refractivity contribution in [2.75, 3.05) is 0 Å². The number of rotatable bonds is 8. The topological polar surface area (TPSA) is 46.9 Å². The van der Waals surface area contributed by atoms with E-state index in [9.17, 15) is 4.79 Å². The molecule has 3 aromatic rings. The molecule has 1 heterocycles. The molecule has 154 valence electrons. The van der Waals surface area contributed by atoms with Gasteiger partial charge in [0.1, 0.15) is 12.4 Å². The molecule has 2 atom stereocenters. The van der Waals surface area contributed by atoms with Gasteiger partial charge in [0.25, 0.3) is 0 Å². The SMILES string of the molecule is CCC(C)NC(=O)Cn1c(C(C)c2ccc(CC(C)C)cc2)nc2ccccc21. The Hall–Kier alpha value is -2.62. The number of nitrogens with one attached hydrogen (secondary N) is 1. The highest BCUT2D eigenvalue weighted by molar-refractivity contribution is 5.81. The van der Waals surface area contributed by atoms with Crippen LogP contribution in [0.25, 0.3) is 11.0 Å². The predicted octanol–water partition coefficient (Wildman–Crippen LogP) is 5.30. The average Bonchev–Trinajstić information content (AvgIpc) is 3.06. The van der Waals surface area contributed by atoms with Gasteiger partial charge < -0.3 is 9.88 Å². The summed E-state index contributed by atoms with van der Waals surface area (Å²) >= 11 is 0. The van der Waals surface area contributed by atoms with E-state index in [0.29, 0.717) is 5.92 Å². The Morgan fingerprint density at radius 3 is 2.38 bits per heavy atom. The standard InChI is InChI=1S/C25H33N3O/c1-6-18(4)26-24(29)16-28-23-10-8-7-9-22(23)27-25(28)19(5)21-13-11-20(12-14-21)15-17(2)3/h7-14,17-19H,6,15-16H2,1-5H3,(H,26,29). The molecule has 1 N–H and O–H groups in total. The molecule has 3 rings (SSSR count). The van der Waals surface area contributed by atoms with Crippen LogP contribution in [0.15, 0.2) is 48.5 Å². The van der Waals surface area contributed by atoms with Crippen molar-refractivity contribution in [3.05, 3.63) is 65.5 Å². The van der Waals surface area contributed by atoms with Crippen molar-refractivity contribution in [1.82, 2.24) is 14.9 Å². The van der Waals surface area contributed by atoms with Gasteiger partial charge in [-0.15, -0.1) is 0 Å². The van der Waals surface area contributed by atoms with Crippen molar-refractivity contribution in [2.24, 2.45) is 5.92 Å². The minimum atomic E-state index is 0.0308. The summed E-state index contributed by atoms with van der Waals surface area (Å²) in [7, 11) is 0. The Balaban J connectivity index is 1.92. The lowest BCUT2D eigenvalue weighted by Crippen LogP contribution is -2.35. The number of hydrogen-bond acceptors (Lipinski definition) is 2. The number of aromatic nitrogens is 2. The molecule has 4 heteroatoms. The zero-order valence-corrected chi connectivity index (χ0v) is 18.3. The Bertz CT molecular complexity index is 956. The summed E-state index contributed by atoms with van der Waals surface area (Å²) in [5, 5.41) is 3.08. The summed E-state index contributed by atoms with van der Waals surface area (Å²) in [6, 6.07) is 17.1. The summed E-state index contributed by atoms with van der Waals surface area (Å²) in [4.78, 5) is 17.5. The number of fused-ring (bicyclic) bond motifs is 1. The molecule has 0 saturated carbocycles. The van der Waals surface area contributed by atoms with E-state index in [-0.39, 0.29) is 24.4 Å². The van der Waals surface area contributed by atoms with Crippen LogP contribution in [0, 0.1) is 5.92 Å². The molecule has 0 bridgehead atoms. The molecule has 0 fully saturated rings. The number of hydrogen-bond donors (Lipinski definition) is 1. The Morgan fingerprint density at radius 1 is 1.03 bits per heavy atom. The van der Waals surface area contributed by atoms with Crippen LogP contribution in [-0.4, -0.2) is 21.5 Å².